The molecule has 1 N–H and O–H groups in total. The Bertz CT molecular complexity index is 1410. The molecule has 0 aliphatic carbocycles. The van der Waals surface area contributed by atoms with Crippen molar-refractivity contribution in [3.8, 4) is 23.0 Å². The van der Waals surface area contributed by atoms with Crippen LogP contribution in [0.2, 0.25) is 0 Å². The molecule has 168 valence electrons. The molecule has 34 heavy (non-hydrogen) atoms. The van der Waals surface area contributed by atoms with Crippen molar-refractivity contribution < 1.29 is 14.0 Å². The number of hydrogen-bond donors (Lipinski definition) is 1. The quantitative estimate of drug-likeness (QED) is 0.272. The lowest BCUT2D eigenvalue weighted by Crippen LogP contribution is -2.12. The summed E-state index contributed by atoms with van der Waals surface area (Å²) < 4.78 is 15.1. The summed E-state index contributed by atoms with van der Waals surface area (Å²) in [5.41, 5.74) is 2.84. The highest BCUT2D eigenvalue weighted by Crippen LogP contribution is 2.26. The number of Topliss-reactive ketones (excluding diaryl/α,β-unsaturated/α-hetero) is 1. The van der Waals surface area contributed by atoms with Gasteiger partial charge >= 0.3 is 0 Å². The van der Waals surface area contributed by atoms with Gasteiger partial charge in [-0.05, 0) is 42.5 Å². The van der Waals surface area contributed by atoms with E-state index in [0.29, 0.717) is 33.8 Å². The van der Waals surface area contributed by atoms with Gasteiger partial charge in [0.05, 0.1) is 22.9 Å². The minimum Gasteiger partial charge on any atom is -0.322 e. The molecule has 0 aliphatic heterocycles. The highest BCUT2D eigenvalue weighted by molar-refractivity contribution is 6.55. The predicted molar refractivity (Wildman–Crippen MR) is 128 cm³/mol. The van der Waals surface area contributed by atoms with Crippen molar-refractivity contribution in [2.24, 2.45) is 0 Å². The van der Waals surface area contributed by atoms with Gasteiger partial charge in [-0.15, -0.1) is 0 Å². The first-order chi connectivity index (χ1) is 16.4. The Morgan fingerprint density at radius 2 is 1.74 bits per heavy atom. The lowest BCUT2D eigenvalue weighted by atomic mass is 10.0. The third-order valence-corrected chi connectivity index (χ3v) is 5.34. The van der Waals surface area contributed by atoms with Crippen molar-refractivity contribution in [1.29, 1.82) is 5.26 Å². The highest BCUT2D eigenvalue weighted by atomic mass is 35.5. The molecule has 0 saturated heterocycles. The van der Waals surface area contributed by atoms with Crippen molar-refractivity contribution >= 4 is 40.6 Å². The average Bonchev–Trinajstić information content (AvgIpc) is 3.29. The molecule has 4 rings (SSSR count). The molecule has 0 aliphatic rings. The molecule has 1 heterocycles. The summed E-state index contributed by atoms with van der Waals surface area (Å²) in [5, 5.41) is 16.3. The smallest absolute Gasteiger partial charge is 0.259 e. The van der Waals surface area contributed by atoms with E-state index in [0.717, 1.165) is 0 Å². The molecular weight excluding hydrogens is 478 g/mol. The second-order valence-corrected chi connectivity index (χ2v) is 8.30. The van der Waals surface area contributed by atoms with Crippen LogP contribution in [-0.2, 0) is 0 Å². The molecule has 4 aromatic rings. The van der Waals surface area contributed by atoms with Gasteiger partial charge in [0, 0.05) is 23.0 Å². The highest BCUT2D eigenvalue weighted by Gasteiger charge is 2.20. The fourth-order valence-electron chi connectivity index (χ4n) is 3.26. The predicted octanol–water partition coefficient (Wildman–Crippen LogP) is 5.79. The third-order valence-electron chi connectivity index (χ3n) is 4.94. The van der Waals surface area contributed by atoms with Gasteiger partial charge in [0.15, 0.2) is 10.6 Å². The number of anilines is 1. The number of ketones is 1. The Labute approximate surface area is 204 Å². The van der Waals surface area contributed by atoms with Gasteiger partial charge in [-0.25, -0.2) is 9.07 Å². The zero-order chi connectivity index (χ0) is 24.2. The van der Waals surface area contributed by atoms with Crippen LogP contribution in [0.3, 0.4) is 0 Å². The largest absolute Gasteiger partial charge is 0.322 e. The van der Waals surface area contributed by atoms with E-state index in [1.807, 2.05) is 6.07 Å². The monoisotopic (exact) mass is 492 g/mol. The summed E-state index contributed by atoms with van der Waals surface area (Å²) in [6.07, 6.45) is 1.54. The lowest BCUT2D eigenvalue weighted by molar-refractivity contribution is 0.100. The zero-order valence-electron chi connectivity index (χ0n) is 17.4. The minimum atomic E-state index is -1.19. The molecule has 3 aromatic carbocycles. The number of rotatable bonds is 6. The summed E-state index contributed by atoms with van der Waals surface area (Å²) >= 11 is 11.3. The van der Waals surface area contributed by atoms with Crippen LogP contribution >= 0.6 is 23.2 Å². The molecule has 6 nitrogen and oxygen atoms in total. The number of halogens is 3. The van der Waals surface area contributed by atoms with Gasteiger partial charge in [0.25, 0.3) is 5.91 Å². The van der Waals surface area contributed by atoms with Crippen LogP contribution in [0.15, 0.2) is 79.0 Å². The lowest BCUT2D eigenvalue weighted by Gasteiger charge is -2.06. The number of carbonyl (C=O) groups excluding carboxylic acids is 2. The van der Waals surface area contributed by atoms with Gasteiger partial charge in [0.1, 0.15) is 11.5 Å². The number of hydrogen-bond acceptors (Lipinski definition) is 4. The molecule has 0 fully saturated rings. The van der Waals surface area contributed by atoms with E-state index in [1.54, 1.807) is 54.6 Å². The van der Waals surface area contributed by atoms with E-state index >= 15 is 0 Å². The Morgan fingerprint density at radius 3 is 2.35 bits per heavy atom. The van der Waals surface area contributed by atoms with Gasteiger partial charge in [-0.1, -0.05) is 53.5 Å². The fraction of sp³-hybridized carbons (Fsp3) is 0.0400. The molecule has 1 amide bonds. The van der Waals surface area contributed by atoms with Crippen molar-refractivity contribution in [3.63, 3.8) is 0 Å². The molecular formula is C25H15Cl2FN4O2. The number of nitrogens with zero attached hydrogens (tertiary/aromatic N) is 3. The molecule has 0 saturated carbocycles. The van der Waals surface area contributed by atoms with Gasteiger partial charge < -0.3 is 5.32 Å². The van der Waals surface area contributed by atoms with Crippen LogP contribution in [-0.4, -0.2) is 26.3 Å². The summed E-state index contributed by atoms with van der Waals surface area (Å²) in [6.45, 7) is 0. The summed E-state index contributed by atoms with van der Waals surface area (Å²) in [4.78, 5) is 24.0. The minimum absolute atomic E-state index is 0.222. The normalized spacial score (nSPS) is 10.7. The van der Waals surface area contributed by atoms with Gasteiger partial charge in [-0.3, -0.25) is 9.59 Å². The van der Waals surface area contributed by atoms with E-state index in [9.17, 15) is 14.0 Å². The van der Waals surface area contributed by atoms with Crippen LogP contribution in [0, 0.1) is 17.1 Å². The topological polar surface area (TPSA) is 87.8 Å². The van der Waals surface area contributed by atoms with Crippen LogP contribution in [0.4, 0.5) is 10.1 Å². The van der Waals surface area contributed by atoms with Crippen LogP contribution in [0.1, 0.15) is 26.3 Å². The maximum Gasteiger partial charge on any atom is 0.259 e. The van der Waals surface area contributed by atoms with Crippen LogP contribution in [0.25, 0.3) is 16.9 Å². The SMILES string of the molecule is N#Cc1ccc(-n2cc(C(=O)Nc3cccc(F)c3)c(-c3ccc(C(=O)C(Cl)Cl)cc3)n2)cc1. The number of nitrogens with one attached hydrogen (secondary N) is 1. The number of carbonyl (C=O) groups is 2. The molecule has 0 bridgehead atoms. The first-order valence-corrected chi connectivity index (χ1v) is 10.8. The van der Waals surface area contributed by atoms with Crippen molar-refractivity contribution in [2.75, 3.05) is 5.32 Å². The van der Waals surface area contributed by atoms with E-state index in [4.69, 9.17) is 28.5 Å². The van der Waals surface area contributed by atoms with Crippen molar-refractivity contribution in [3.05, 3.63) is 102 Å². The average molecular weight is 493 g/mol. The number of alkyl halides is 2. The third kappa shape index (κ3) is 4.99. The maximum atomic E-state index is 13.6. The Kier molecular flexibility index (Phi) is 6.73. The van der Waals surface area contributed by atoms with Gasteiger partial charge in [0.2, 0.25) is 0 Å². The fourth-order valence-corrected chi connectivity index (χ4v) is 3.51. The summed E-state index contributed by atoms with van der Waals surface area (Å²) in [5.74, 6) is -1.42. The summed E-state index contributed by atoms with van der Waals surface area (Å²) in [6, 6.07) is 20.6. The molecule has 1 aromatic heterocycles. The van der Waals surface area contributed by atoms with E-state index in [1.165, 1.54) is 29.1 Å². The maximum absolute atomic E-state index is 13.6. The van der Waals surface area contributed by atoms with Crippen molar-refractivity contribution in [1.82, 2.24) is 9.78 Å². The van der Waals surface area contributed by atoms with Crippen LogP contribution in [0.5, 0.6) is 0 Å². The van der Waals surface area contributed by atoms with Crippen molar-refractivity contribution in [2.45, 2.75) is 4.84 Å². The second-order valence-electron chi connectivity index (χ2n) is 7.20. The van der Waals surface area contributed by atoms with E-state index < -0.39 is 22.3 Å². The number of benzene rings is 3. The van der Waals surface area contributed by atoms with E-state index in [2.05, 4.69) is 10.4 Å². The molecule has 0 atom stereocenters. The molecule has 0 spiro atoms. The second kappa shape index (κ2) is 9.87. The molecule has 0 radical (unpaired) electrons. The number of nitriles is 1. The van der Waals surface area contributed by atoms with Gasteiger partial charge in [-0.2, -0.15) is 10.4 Å². The Hall–Kier alpha value is -3.99. The van der Waals surface area contributed by atoms with E-state index in [-0.39, 0.29) is 5.56 Å². The molecule has 0 unspecified atom stereocenters. The zero-order valence-corrected chi connectivity index (χ0v) is 18.9. The Balaban J connectivity index is 1.75. The number of amides is 1. The first-order valence-electron chi connectivity index (χ1n) is 9.95. The first kappa shape index (κ1) is 23.2. The molecule has 9 heteroatoms. The van der Waals surface area contributed by atoms with Crippen LogP contribution < -0.4 is 5.32 Å². The Morgan fingerprint density at radius 1 is 1.03 bits per heavy atom. The standard InChI is InChI=1S/C25H15Cl2FN4O2/c26-24(27)23(33)17-8-6-16(7-9-17)22-21(25(34)30-19-3-1-2-18(28)12-19)14-32(31-22)20-10-4-15(13-29)5-11-20/h1-12,14,24H,(H,30,34). The number of aromatic nitrogens is 2. The summed E-state index contributed by atoms with van der Waals surface area (Å²) in [7, 11) is 0.